The third-order valence-electron chi connectivity index (χ3n) is 3.71. The van der Waals surface area contributed by atoms with Crippen molar-refractivity contribution in [1.82, 2.24) is 10.3 Å². The van der Waals surface area contributed by atoms with Crippen molar-refractivity contribution in [2.75, 3.05) is 0 Å². The van der Waals surface area contributed by atoms with Crippen LogP contribution < -0.4 is 15.6 Å². The fourth-order valence-electron chi connectivity index (χ4n) is 2.53. The Morgan fingerprint density at radius 2 is 2.07 bits per heavy atom. The van der Waals surface area contributed by atoms with Gasteiger partial charge in [-0.05, 0) is 45.1 Å². The van der Waals surface area contributed by atoms with E-state index in [2.05, 4.69) is 10.3 Å². The number of rotatable bonds is 7. The molecular formula is C20H20ClN3O3. The lowest BCUT2D eigenvalue weighted by Crippen LogP contribution is -2.25. The Kier molecular flexibility index (Phi) is 6.80. The number of halogens is 1. The molecule has 7 heteroatoms. The smallest absolute Gasteiger partial charge is 0.253 e. The zero-order chi connectivity index (χ0) is 20.0. The molecule has 2 rings (SSSR count). The summed E-state index contributed by atoms with van der Waals surface area (Å²) in [5.74, 6) is 0.504. The molecule has 0 saturated carbocycles. The van der Waals surface area contributed by atoms with Gasteiger partial charge in [-0.25, -0.2) is 0 Å². The number of aromatic nitrogens is 1. The highest BCUT2D eigenvalue weighted by atomic mass is 35.5. The van der Waals surface area contributed by atoms with Crippen molar-refractivity contribution in [3.8, 4) is 11.8 Å². The van der Waals surface area contributed by atoms with Crippen molar-refractivity contribution >= 4 is 28.8 Å². The second kappa shape index (κ2) is 9.06. The standard InChI is InChI=1S/C20H20ClN3O3/c1-12(2)27-19-10-18-14(9-17(19)21)8-16(20(26)24-18)13(3)23-15(11-25)6-4-5-7-22/h4-6,8-13,23H,1-3H3,(H,24,26)/b5-4+,15-6+/t13-/m0/s1. The topological polar surface area (TPSA) is 95.0 Å². The van der Waals surface area contributed by atoms with Crippen LogP contribution in [0.3, 0.4) is 0 Å². The average molecular weight is 386 g/mol. The monoisotopic (exact) mass is 385 g/mol. The molecular weight excluding hydrogens is 366 g/mol. The van der Waals surface area contributed by atoms with Crippen LogP contribution in [0.1, 0.15) is 32.4 Å². The van der Waals surface area contributed by atoms with Crippen LogP contribution in [0.4, 0.5) is 0 Å². The second-order valence-corrected chi connectivity index (χ2v) is 6.59. The zero-order valence-corrected chi connectivity index (χ0v) is 16.0. The number of hydrogen-bond acceptors (Lipinski definition) is 5. The van der Waals surface area contributed by atoms with E-state index in [9.17, 15) is 9.59 Å². The van der Waals surface area contributed by atoms with Crippen molar-refractivity contribution in [2.45, 2.75) is 32.9 Å². The minimum atomic E-state index is -0.435. The molecule has 0 aliphatic carbocycles. The van der Waals surface area contributed by atoms with Gasteiger partial charge in [-0.2, -0.15) is 5.26 Å². The van der Waals surface area contributed by atoms with Crippen LogP contribution in [-0.2, 0) is 4.79 Å². The van der Waals surface area contributed by atoms with Gasteiger partial charge in [0.25, 0.3) is 5.56 Å². The Bertz CT molecular complexity index is 1000. The molecule has 0 bridgehead atoms. The summed E-state index contributed by atoms with van der Waals surface area (Å²) in [7, 11) is 0. The molecule has 27 heavy (non-hydrogen) atoms. The zero-order valence-electron chi connectivity index (χ0n) is 15.2. The summed E-state index contributed by atoms with van der Waals surface area (Å²) in [6, 6.07) is 6.56. The van der Waals surface area contributed by atoms with Crippen LogP contribution in [0, 0.1) is 11.3 Å². The van der Waals surface area contributed by atoms with Gasteiger partial charge in [0.05, 0.1) is 34.5 Å². The Labute approximate surface area is 162 Å². The summed E-state index contributed by atoms with van der Waals surface area (Å²) in [5, 5.41) is 12.7. The largest absolute Gasteiger partial charge is 0.489 e. The predicted molar refractivity (Wildman–Crippen MR) is 106 cm³/mol. The number of H-pyrrole nitrogens is 1. The lowest BCUT2D eigenvalue weighted by Gasteiger charge is -2.16. The third kappa shape index (κ3) is 5.22. The van der Waals surface area contributed by atoms with Crippen molar-refractivity contribution < 1.29 is 9.53 Å². The molecule has 2 aromatic rings. The van der Waals surface area contributed by atoms with E-state index in [0.717, 1.165) is 5.39 Å². The Balaban J connectivity index is 2.39. The summed E-state index contributed by atoms with van der Waals surface area (Å²) in [5.41, 5.74) is 1.04. The van der Waals surface area contributed by atoms with Gasteiger partial charge in [-0.3, -0.25) is 9.59 Å². The highest BCUT2D eigenvalue weighted by Gasteiger charge is 2.14. The van der Waals surface area contributed by atoms with Gasteiger partial charge in [0, 0.05) is 23.1 Å². The summed E-state index contributed by atoms with van der Waals surface area (Å²) in [6.07, 6.45) is 4.74. The number of hydrogen-bond donors (Lipinski definition) is 2. The Morgan fingerprint density at radius 3 is 2.70 bits per heavy atom. The van der Waals surface area contributed by atoms with Gasteiger partial charge in [-0.1, -0.05) is 11.6 Å². The first-order valence-corrected chi connectivity index (χ1v) is 8.74. The molecule has 1 heterocycles. The molecule has 0 spiro atoms. The molecule has 0 radical (unpaired) electrons. The van der Waals surface area contributed by atoms with Gasteiger partial charge in [-0.15, -0.1) is 0 Å². The fraction of sp³-hybridized carbons (Fsp3) is 0.250. The quantitative estimate of drug-likeness (QED) is 0.327. The minimum Gasteiger partial charge on any atom is -0.489 e. The van der Waals surface area contributed by atoms with Gasteiger partial charge in [0.15, 0.2) is 6.29 Å². The highest BCUT2D eigenvalue weighted by Crippen LogP contribution is 2.30. The number of nitrogens with zero attached hydrogens (tertiary/aromatic N) is 1. The van der Waals surface area contributed by atoms with E-state index < -0.39 is 6.04 Å². The van der Waals surface area contributed by atoms with E-state index in [1.54, 1.807) is 25.1 Å². The molecule has 0 aliphatic rings. The molecule has 0 fully saturated rings. The van der Waals surface area contributed by atoms with Crippen LogP contribution in [0.25, 0.3) is 10.9 Å². The fourth-order valence-corrected chi connectivity index (χ4v) is 2.75. The predicted octanol–water partition coefficient (Wildman–Crippen LogP) is 3.78. The molecule has 6 nitrogen and oxygen atoms in total. The molecule has 0 amide bonds. The van der Waals surface area contributed by atoms with Crippen LogP contribution in [0.5, 0.6) is 5.75 Å². The normalized spacial score (nSPS) is 13.0. The van der Waals surface area contributed by atoms with E-state index >= 15 is 0 Å². The van der Waals surface area contributed by atoms with Crippen molar-refractivity contribution in [3.05, 3.63) is 63.1 Å². The van der Waals surface area contributed by atoms with E-state index in [1.807, 2.05) is 19.9 Å². The number of allylic oxidation sites excluding steroid dienone is 4. The van der Waals surface area contributed by atoms with Crippen molar-refractivity contribution in [2.24, 2.45) is 0 Å². The first-order valence-electron chi connectivity index (χ1n) is 8.37. The summed E-state index contributed by atoms with van der Waals surface area (Å²) in [4.78, 5) is 26.5. The van der Waals surface area contributed by atoms with Crippen molar-refractivity contribution in [3.63, 3.8) is 0 Å². The number of aldehydes is 1. The lowest BCUT2D eigenvalue weighted by atomic mass is 10.1. The molecule has 1 atom stereocenters. The van der Waals surface area contributed by atoms with Gasteiger partial charge in [0.1, 0.15) is 5.75 Å². The summed E-state index contributed by atoms with van der Waals surface area (Å²) in [6.45, 7) is 5.55. The number of fused-ring (bicyclic) bond motifs is 1. The number of nitrogens with one attached hydrogen (secondary N) is 2. The van der Waals surface area contributed by atoms with Crippen LogP contribution in [-0.4, -0.2) is 17.4 Å². The SMILES string of the molecule is CC(C)Oc1cc2[nH]c(=O)c([C@H](C)N/C(C=O)=C/C=C/C#N)cc2cc1Cl. The summed E-state index contributed by atoms with van der Waals surface area (Å²) < 4.78 is 5.64. The maximum absolute atomic E-state index is 12.5. The Morgan fingerprint density at radius 1 is 1.33 bits per heavy atom. The molecule has 2 N–H and O–H groups in total. The number of ether oxygens (including phenoxy) is 1. The van der Waals surface area contributed by atoms with Gasteiger partial charge >= 0.3 is 0 Å². The molecule has 1 aromatic heterocycles. The van der Waals surface area contributed by atoms with Crippen LogP contribution >= 0.6 is 11.6 Å². The van der Waals surface area contributed by atoms with Crippen LogP contribution in [0.15, 0.2) is 46.9 Å². The molecule has 0 aliphatic heterocycles. The second-order valence-electron chi connectivity index (χ2n) is 6.18. The Hall–Kier alpha value is -3.04. The van der Waals surface area contributed by atoms with Gasteiger partial charge in [0.2, 0.25) is 0 Å². The highest BCUT2D eigenvalue weighted by molar-refractivity contribution is 6.32. The summed E-state index contributed by atoms with van der Waals surface area (Å²) >= 11 is 6.27. The number of benzene rings is 1. The first kappa shape index (κ1) is 20.3. The molecule has 0 unspecified atom stereocenters. The van der Waals surface area contributed by atoms with E-state index in [1.165, 1.54) is 18.2 Å². The first-order chi connectivity index (χ1) is 12.8. The maximum atomic E-state index is 12.5. The number of pyridine rings is 1. The van der Waals surface area contributed by atoms with Crippen LogP contribution in [0.2, 0.25) is 5.02 Å². The molecule has 140 valence electrons. The lowest BCUT2D eigenvalue weighted by molar-refractivity contribution is -0.105. The van der Waals surface area contributed by atoms with Crippen molar-refractivity contribution in [1.29, 1.82) is 5.26 Å². The molecule has 0 saturated heterocycles. The number of aromatic amines is 1. The number of carbonyl (C=O) groups excluding carboxylic acids is 1. The van der Waals surface area contributed by atoms with E-state index in [4.69, 9.17) is 21.6 Å². The number of nitriles is 1. The minimum absolute atomic E-state index is 0.0428. The number of carbonyl (C=O) groups is 1. The average Bonchev–Trinajstić information content (AvgIpc) is 2.61. The van der Waals surface area contributed by atoms with Gasteiger partial charge < -0.3 is 15.0 Å². The molecule has 1 aromatic carbocycles. The third-order valence-corrected chi connectivity index (χ3v) is 4.01. The van der Waals surface area contributed by atoms with E-state index in [0.29, 0.717) is 28.1 Å². The van der Waals surface area contributed by atoms with E-state index in [-0.39, 0.29) is 17.4 Å². The maximum Gasteiger partial charge on any atom is 0.253 e.